The van der Waals surface area contributed by atoms with Crippen LogP contribution in [0.2, 0.25) is 0 Å². The zero-order valence-electron chi connectivity index (χ0n) is 8.62. The first-order valence-electron chi connectivity index (χ1n) is 4.64. The van der Waals surface area contributed by atoms with Crippen LogP contribution in [0.3, 0.4) is 0 Å². The highest BCUT2D eigenvalue weighted by molar-refractivity contribution is 6.17. The molecule has 2 rings (SSSR count). The molecule has 2 aromatic carbocycles. The highest BCUT2D eigenvalue weighted by Crippen LogP contribution is 2.42. The van der Waals surface area contributed by atoms with Gasteiger partial charge in [-0.05, 0) is 12.1 Å². The zero-order chi connectivity index (χ0) is 12.0. The quantitative estimate of drug-likeness (QED) is 0.350. The van der Waals surface area contributed by atoms with E-state index in [1.165, 1.54) is 0 Å². The molecular weight excluding hydrogens is 204 g/mol. The SMILES string of the molecule is Nc1ccc2c(N)c(N)c(N)c(N)c2c1N. The first-order chi connectivity index (χ1) is 7.45. The molecule has 0 atom stereocenters. The van der Waals surface area contributed by atoms with Gasteiger partial charge < -0.3 is 34.4 Å². The third kappa shape index (κ3) is 1.07. The average Bonchev–Trinajstić information content (AvgIpc) is 2.27. The zero-order valence-corrected chi connectivity index (χ0v) is 8.62. The predicted octanol–water partition coefficient (Wildman–Crippen LogP) is 0.333. The standard InChI is InChI=1S/C10H14N6/c11-4-2-1-3-5(7(4)13)8(14)10(16)9(15)6(3)12/h1-2H,11-16H2. The van der Waals surface area contributed by atoms with E-state index >= 15 is 0 Å². The fourth-order valence-electron chi connectivity index (χ4n) is 1.72. The van der Waals surface area contributed by atoms with Gasteiger partial charge in [0.1, 0.15) is 0 Å². The first kappa shape index (κ1) is 10.0. The van der Waals surface area contributed by atoms with Crippen molar-refractivity contribution in [1.82, 2.24) is 0 Å². The van der Waals surface area contributed by atoms with Gasteiger partial charge in [0.05, 0.1) is 34.1 Å². The van der Waals surface area contributed by atoms with Crippen LogP contribution >= 0.6 is 0 Å². The van der Waals surface area contributed by atoms with Crippen LogP contribution in [0.4, 0.5) is 34.1 Å². The maximum absolute atomic E-state index is 5.86. The van der Waals surface area contributed by atoms with Crippen molar-refractivity contribution in [2.24, 2.45) is 0 Å². The Morgan fingerprint density at radius 2 is 1.12 bits per heavy atom. The minimum Gasteiger partial charge on any atom is -0.397 e. The van der Waals surface area contributed by atoms with E-state index < -0.39 is 0 Å². The predicted molar refractivity (Wildman–Crippen MR) is 70.4 cm³/mol. The second-order valence-corrected chi connectivity index (χ2v) is 3.65. The van der Waals surface area contributed by atoms with Crippen molar-refractivity contribution in [2.75, 3.05) is 34.4 Å². The summed E-state index contributed by atoms with van der Waals surface area (Å²) in [5.74, 6) is 0. The number of rotatable bonds is 0. The Labute approximate surface area is 92.2 Å². The van der Waals surface area contributed by atoms with E-state index in [0.29, 0.717) is 33.5 Å². The Morgan fingerprint density at radius 3 is 1.75 bits per heavy atom. The number of fused-ring (bicyclic) bond motifs is 1. The molecule has 6 nitrogen and oxygen atoms in total. The number of nitrogens with two attached hydrogens (primary N) is 6. The van der Waals surface area contributed by atoms with Gasteiger partial charge in [0, 0.05) is 10.8 Å². The van der Waals surface area contributed by atoms with E-state index in [1.807, 2.05) is 0 Å². The summed E-state index contributed by atoms with van der Waals surface area (Å²) in [6, 6.07) is 3.38. The first-order valence-corrected chi connectivity index (χ1v) is 4.64. The number of hydrogen-bond donors (Lipinski definition) is 6. The van der Waals surface area contributed by atoms with E-state index in [1.54, 1.807) is 12.1 Å². The minimum atomic E-state index is 0.238. The third-order valence-corrected chi connectivity index (χ3v) is 2.71. The number of nitrogen functional groups attached to an aromatic ring is 6. The second-order valence-electron chi connectivity index (χ2n) is 3.65. The van der Waals surface area contributed by atoms with Crippen LogP contribution in [0.25, 0.3) is 10.8 Å². The summed E-state index contributed by atoms with van der Waals surface area (Å²) in [5.41, 5.74) is 36.7. The van der Waals surface area contributed by atoms with Gasteiger partial charge in [-0.3, -0.25) is 0 Å². The second kappa shape index (κ2) is 2.99. The highest BCUT2D eigenvalue weighted by Gasteiger charge is 2.14. The van der Waals surface area contributed by atoms with Crippen LogP contribution < -0.4 is 34.4 Å². The summed E-state index contributed by atoms with van der Waals surface area (Å²) >= 11 is 0. The largest absolute Gasteiger partial charge is 0.397 e. The number of hydrogen-bond acceptors (Lipinski definition) is 6. The summed E-state index contributed by atoms with van der Waals surface area (Å²) in [5, 5.41) is 1.22. The smallest absolute Gasteiger partial charge is 0.0810 e. The molecule has 0 amide bonds. The summed E-state index contributed by atoms with van der Waals surface area (Å²) in [4.78, 5) is 0. The maximum atomic E-state index is 5.86. The van der Waals surface area contributed by atoms with Gasteiger partial charge in [-0.25, -0.2) is 0 Å². The van der Waals surface area contributed by atoms with Crippen molar-refractivity contribution in [3.63, 3.8) is 0 Å². The van der Waals surface area contributed by atoms with Crippen molar-refractivity contribution < 1.29 is 0 Å². The average molecular weight is 218 g/mol. The van der Waals surface area contributed by atoms with Gasteiger partial charge in [0.2, 0.25) is 0 Å². The molecule has 0 aliphatic carbocycles. The fraction of sp³-hybridized carbons (Fsp3) is 0. The number of anilines is 6. The maximum Gasteiger partial charge on any atom is 0.0810 e. The molecule has 0 aromatic heterocycles. The lowest BCUT2D eigenvalue weighted by Gasteiger charge is -2.15. The lowest BCUT2D eigenvalue weighted by atomic mass is 10.0. The van der Waals surface area contributed by atoms with E-state index in [2.05, 4.69) is 0 Å². The Hall–Kier alpha value is -2.50. The van der Waals surface area contributed by atoms with Gasteiger partial charge in [-0.1, -0.05) is 0 Å². The normalized spacial score (nSPS) is 10.8. The molecule has 12 N–H and O–H groups in total. The molecule has 0 bridgehead atoms. The molecule has 0 aliphatic rings. The molecule has 84 valence electrons. The van der Waals surface area contributed by atoms with E-state index in [-0.39, 0.29) is 11.4 Å². The highest BCUT2D eigenvalue weighted by atomic mass is 14.8. The third-order valence-electron chi connectivity index (χ3n) is 2.71. The van der Waals surface area contributed by atoms with Gasteiger partial charge in [0.15, 0.2) is 0 Å². The summed E-state index contributed by atoms with van der Waals surface area (Å²) in [7, 11) is 0. The van der Waals surface area contributed by atoms with Crippen LogP contribution in [-0.4, -0.2) is 0 Å². The van der Waals surface area contributed by atoms with Crippen LogP contribution in [-0.2, 0) is 0 Å². The van der Waals surface area contributed by atoms with E-state index in [9.17, 15) is 0 Å². The molecule has 0 saturated carbocycles. The Balaban J connectivity index is 3.09. The van der Waals surface area contributed by atoms with Crippen molar-refractivity contribution >= 4 is 44.9 Å². The van der Waals surface area contributed by atoms with Crippen molar-refractivity contribution in [2.45, 2.75) is 0 Å². The van der Waals surface area contributed by atoms with Crippen molar-refractivity contribution in [1.29, 1.82) is 0 Å². The molecule has 16 heavy (non-hydrogen) atoms. The van der Waals surface area contributed by atoms with Crippen LogP contribution in [0.1, 0.15) is 0 Å². The molecular formula is C10H14N6. The van der Waals surface area contributed by atoms with Crippen LogP contribution in [0, 0.1) is 0 Å². The van der Waals surface area contributed by atoms with E-state index in [4.69, 9.17) is 34.4 Å². The van der Waals surface area contributed by atoms with Gasteiger partial charge in [0.25, 0.3) is 0 Å². The Bertz CT molecular complexity index is 590. The monoisotopic (exact) mass is 218 g/mol. The molecule has 0 heterocycles. The topological polar surface area (TPSA) is 156 Å². The Kier molecular flexibility index (Phi) is 1.88. The minimum absolute atomic E-state index is 0.238. The van der Waals surface area contributed by atoms with Gasteiger partial charge in [-0.2, -0.15) is 0 Å². The molecule has 0 saturated heterocycles. The Morgan fingerprint density at radius 1 is 0.562 bits per heavy atom. The van der Waals surface area contributed by atoms with E-state index in [0.717, 1.165) is 0 Å². The summed E-state index contributed by atoms with van der Waals surface area (Å²) in [6.45, 7) is 0. The van der Waals surface area contributed by atoms with Crippen LogP contribution in [0.5, 0.6) is 0 Å². The molecule has 0 fully saturated rings. The molecule has 6 heteroatoms. The molecule has 0 radical (unpaired) electrons. The van der Waals surface area contributed by atoms with Crippen molar-refractivity contribution in [3.8, 4) is 0 Å². The van der Waals surface area contributed by atoms with Crippen molar-refractivity contribution in [3.05, 3.63) is 12.1 Å². The number of benzene rings is 2. The van der Waals surface area contributed by atoms with Gasteiger partial charge >= 0.3 is 0 Å². The van der Waals surface area contributed by atoms with Crippen LogP contribution in [0.15, 0.2) is 12.1 Å². The molecule has 2 aromatic rings. The van der Waals surface area contributed by atoms with Gasteiger partial charge in [-0.15, -0.1) is 0 Å². The molecule has 0 spiro atoms. The molecule has 0 unspecified atom stereocenters. The summed E-state index contributed by atoms with van der Waals surface area (Å²) < 4.78 is 0. The molecule has 0 aliphatic heterocycles. The lowest BCUT2D eigenvalue weighted by Crippen LogP contribution is -2.07. The summed E-state index contributed by atoms with van der Waals surface area (Å²) in [6.07, 6.45) is 0. The lowest BCUT2D eigenvalue weighted by molar-refractivity contribution is 1.66. The fourth-order valence-corrected chi connectivity index (χ4v) is 1.72.